The van der Waals surface area contributed by atoms with E-state index in [1.165, 1.54) is 72.3 Å². The van der Waals surface area contributed by atoms with Gasteiger partial charge in [-0.05, 0) is 19.9 Å². The lowest BCUT2D eigenvalue weighted by atomic mass is 9.86. The van der Waals surface area contributed by atoms with Gasteiger partial charge in [0.15, 0.2) is 22.4 Å². The normalized spacial score (nSPS) is 29.0. The predicted octanol–water partition coefficient (Wildman–Crippen LogP) is 3.85. The fourth-order valence-electron chi connectivity index (χ4n) is 8.52. The summed E-state index contributed by atoms with van der Waals surface area (Å²) in [7, 11) is 1.44. The highest BCUT2D eigenvalue weighted by atomic mass is 16.7. The summed E-state index contributed by atoms with van der Waals surface area (Å²) >= 11 is 0. The monoisotopic (exact) mass is 885 g/mol. The standard InChI is InChI=1S/C46H51N3O15/c1-19-11-10-12-20(2)45(57)49-35-38(55)31-30(34-42(35)62-29-18-26(17-27(52)33(29)48-34)59-16-14-47-24(6)50)32-40(22(4)36(31)53)64-46(8,44(32)56)60-15-13-28(58-9)21(3)41(61-25(7)51)43-37(54)23(5)39(19)63-43/h10-13,15,17-19,21,23,28,37,39,41,43,53-54,56H,14,16H2,1-9H3,(H,47,50)(H,49,57)/b11-10+,15-13+,20-12-/t19-,21+,23-,28-,37+,39-,41+,43+,46-/m0/s1. The molecule has 5 heterocycles. The van der Waals surface area contributed by atoms with E-state index < -0.39 is 88.1 Å². The molecule has 64 heavy (non-hydrogen) atoms. The van der Waals surface area contributed by atoms with E-state index in [1.807, 2.05) is 13.8 Å². The number of benzene rings is 3. The van der Waals surface area contributed by atoms with Crippen molar-refractivity contribution in [2.45, 2.75) is 91.7 Å². The molecule has 0 aliphatic carbocycles. The number of ether oxygens (including phenoxy) is 6. The summed E-state index contributed by atoms with van der Waals surface area (Å²) in [6.07, 6.45) is 3.32. The van der Waals surface area contributed by atoms with E-state index in [-0.39, 0.29) is 85.8 Å². The summed E-state index contributed by atoms with van der Waals surface area (Å²) in [5.41, 5.74) is -2.67. The average Bonchev–Trinajstić information content (AvgIpc) is 3.69. The first kappa shape index (κ1) is 45.5. The SMILES string of the molecule is CO[C@H]1/C=C/O[C@@]2(C)Oc3c(C)c(O)c4c(=O)c(c5oc6cc(OCCNC(C)=O)cc(=O)c6nc5c4c3=C2O)NC(=O)/C(C)=C\C=C\[C@H](C)[C@@H]2O[C@H]([C@H](O)[C@@H]2C)[C@H](OC(C)=O)[C@@H]1C. The van der Waals surface area contributed by atoms with Gasteiger partial charge in [-0.15, -0.1) is 0 Å². The third-order valence-electron chi connectivity index (χ3n) is 12.0. The molecule has 340 valence electrons. The van der Waals surface area contributed by atoms with Crippen LogP contribution in [0.4, 0.5) is 5.69 Å². The van der Waals surface area contributed by atoms with Crippen LogP contribution >= 0.6 is 0 Å². The number of aliphatic hydroxyl groups excluding tert-OH is 2. The van der Waals surface area contributed by atoms with E-state index in [0.717, 1.165) is 0 Å². The van der Waals surface area contributed by atoms with E-state index in [1.54, 1.807) is 19.1 Å². The summed E-state index contributed by atoms with van der Waals surface area (Å²) in [5, 5.41) is 39.9. The Morgan fingerprint density at radius 2 is 1.73 bits per heavy atom. The van der Waals surface area contributed by atoms with Crippen molar-refractivity contribution in [3.05, 3.63) is 79.5 Å². The van der Waals surface area contributed by atoms with Crippen LogP contribution in [0.5, 0.6) is 17.2 Å². The summed E-state index contributed by atoms with van der Waals surface area (Å²) in [4.78, 5) is 70.7. The van der Waals surface area contributed by atoms with Gasteiger partial charge in [-0.3, -0.25) is 24.0 Å². The van der Waals surface area contributed by atoms with Gasteiger partial charge in [0.25, 0.3) is 5.91 Å². The molecule has 8 rings (SSSR count). The van der Waals surface area contributed by atoms with Crippen molar-refractivity contribution in [1.29, 1.82) is 0 Å². The number of amides is 2. The molecule has 9 atom stereocenters. The van der Waals surface area contributed by atoms with Crippen LogP contribution in [0.25, 0.3) is 38.7 Å². The van der Waals surface area contributed by atoms with Crippen LogP contribution in [0.15, 0.2) is 62.3 Å². The molecular weight excluding hydrogens is 835 g/mol. The van der Waals surface area contributed by atoms with E-state index in [4.69, 9.17) is 32.8 Å². The van der Waals surface area contributed by atoms with Gasteiger partial charge in [-0.25, -0.2) is 4.98 Å². The van der Waals surface area contributed by atoms with Crippen molar-refractivity contribution in [2.24, 2.45) is 17.8 Å². The van der Waals surface area contributed by atoms with Crippen molar-refractivity contribution in [3.8, 4) is 17.2 Å². The Labute approximate surface area is 366 Å². The van der Waals surface area contributed by atoms with Crippen molar-refractivity contribution in [2.75, 3.05) is 25.6 Å². The molecule has 4 aliphatic heterocycles. The Morgan fingerprint density at radius 3 is 2.42 bits per heavy atom. The molecular formula is C46H51N3O15. The smallest absolute Gasteiger partial charge is 0.307 e. The number of aromatic nitrogens is 1. The molecule has 0 radical (unpaired) electrons. The number of carbonyl (C=O) groups is 3. The number of fused-ring (bicyclic) bond motifs is 9. The van der Waals surface area contributed by atoms with Crippen LogP contribution in [0, 0.1) is 24.7 Å². The third kappa shape index (κ3) is 8.12. The highest BCUT2D eigenvalue weighted by molar-refractivity contribution is 6.16. The summed E-state index contributed by atoms with van der Waals surface area (Å²) < 4.78 is 42.3. The van der Waals surface area contributed by atoms with Crippen molar-refractivity contribution in [1.82, 2.24) is 10.3 Å². The molecule has 5 N–H and O–H groups in total. The quantitative estimate of drug-likeness (QED) is 0.0798. The largest absolute Gasteiger partial charge is 0.507 e. The zero-order chi connectivity index (χ0) is 46.5. The Bertz CT molecular complexity index is 2850. The zero-order valence-corrected chi connectivity index (χ0v) is 36.8. The number of hydrogen-bond donors (Lipinski definition) is 5. The zero-order valence-electron chi connectivity index (χ0n) is 36.8. The number of hydrogen-bond acceptors (Lipinski definition) is 16. The minimum absolute atomic E-state index is 0.00601. The van der Waals surface area contributed by atoms with Crippen LogP contribution in [-0.2, 0) is 33.3 Å². The average molecular weight is 886 g/mol. The second-order valence-corrected chi connectivity index (χ2v) is 16.6. The number of nitrogens with zero attached hydrogens (tertiary/aromatic N) is 1. The van der Waals surface area contributed by atoms with Gasteiger partial charge in [0, 0.05) is 74.3 Å². The maximum atomic E-state index is 14.7. The molecule has 1 saturated heterocycles. The fraction of sp³-hybridized carbons (Fsp3) is 0.435. The Morgan fingerprint density at radius 1 is 1.00 bits per heavy atom. The number of nitrogens with one attached hydrogen (secondary N) is 2. The molecule has 0 unspecified atom stereocenters. The maximum absolute atomic E-state index is 14.7. The van der Waals surface area contributed by atoms with Gasteiger partial charge >= 0.3 is 11.8 Å². The van der Waals surface area contributed by atoms with Gasteiger partial charge in [0.1, 0.15) is 47.3 Å². The number of phenolic OH excluding ortho intramolecular Hbond substituents is 1. The van der Waals surface area contributed by atoms with Gasteiger partial charge in [0.2, 0.25) is 16.8 Å². The molecule has 2 amide bonds. The summed E-state index contributed by atoms with van der Waals surface area (Å²) in [5.74, 6) is -6.11. The lowest BCUT2D eigenvalue weighted by Crippen LogP contribution is -2.46. The third-order valence-corrected chi connectivity index (χ3v) is 12.0. The van der Waals surface area contributed by atoms with Crippen molar-refractivity contribution >= 4 is 62.2 Å². The first-order valence-corrected chi connectivity index (χ1v) is 20.8. The van der Waals surface area contributed by atoms with Crippen molar-refractivity contribution < 1.29 is 62.5 Å². The number of rotatable bonds is 6. The minimum Gasteiger partial charge on any atom is -0.507 e. The molecule has 7 bridgehead atoms. The molecule has 18 heteroatoms. The van der Waals surface area contributed by atoms with Gasteiger partial charge in [-0.2, -0.15) is 0 Å². The molecule has 3 aromatic carbocycles. The first-order chi connectivity index (χ1) is 30.3. The van der Waals surface area contributed by atoms with Crippen LogP contribution in [0.3, 0.4) is 0 Å². The van der Waals surface area contributed by atoms with Crippen LogP contribution < -0.4 is 36.2 Å². The van der Waals surface area contributed by atoms with Crippen LogP contribution in [0.2, 0.25) is 0 Å². The first-order valence-electron chi connectivity index (χ1n) is 20.8. The van der Waals surface area contributed by atoms with Gasteiger partial charge in [0.05, 0.1) is 41.7 Å². The Balaban J connectivity index is 1.47. The second-order valence-electron chi connectivity index (χ2n) is 16.6. The summed E-state index contributed by atoms with van der Waals surface area (Å²) in [6.45, 7) is 12.6. The number of anilines is 1. The number of aromatic hydroxyl groups is 1. The fourth-order valence-corrected chi connectivity index (χ4v) is 8.52. The van der Waals surface area contributed by atoms with Crippen LogP contribution in [0.1, 0.15) is 54.0 Å². The van der Waals surface area contributed by atoms with Crippen LogP contribution in [-0.4, -0.2) is 94.7 Å². The summed E-state index contributed by atoms with van der Waals surface area (Å²) in [6, 6.07) is 2.53. The van der Waals surface area contributed by atoms with Gasteiger partial charge < -0.3 is 58.8 Å². The highest BCUT2D eigenvalue weighted by Gasteiger charge is 2.50. The lowest BCUT2D eigenvalue weighted by molar-refractivity contribution is -0.168. The van der Waals surface area contributed by atoms with E-state index in [9.17, 15) is 39.3 Å². The second kappa shape index (κ2) is 17.6. The molecule has 1 fully saturated rings. The number of allylic oxidation sites excluding steroid dienone is 2. The number of methoxy groups -OCH3 is 1. The number of carbonyl (C=O) groups excluding carboxylic acids is 3. The highest BCUT2D eigenvalue weighted by Crippen LogP contribution is 2.43. The van der Waals surface area contributed by atoms with E-state index in [2.05, 4.69) is 15.6 Å². The molecule has 1 aromatic heterocycles. The van der Waals surface area contributed by atoms with Gasteiger partial charge in [-0.1, -0.05) is 39.0 Å². The molecule has 18 nitrogen and oxygen atoms in total. The predicted molar refractivity (Wildman–Crippen MR) is 233 cm³/mol. The molecule has 4 aliphatic rings. The molecule has 0 saturated carbocycles. The van der Waals surface area contributed by atoms with E-state index in [0.29, 0.717) is 0 Å². The number of esters is 1. The molecule has 4 aromatic rings. The number of phenols is 1. The lowest BCUT2D eigenvalue weighted by Gasteiger charge is -2.33. The minimum atomic E-state index is -2.00. The molecule has 0 spiro atoms. The maximum Gasteiger partial charge on any atom is 0.307 e. The topological polar surface area (TPSA) is 252 Å². The number of aliphatic hydroxyl groups is 2. The Kier molecular flexibility index (Phi) is 12.5. The Hall–Kier alpha value is -6.50. The van der Waals surface area contributed by atoms with E-state index >= 15 is 0 Å². The van der Waals surface area contributed by atoms with Crippen molar-refractivity contribution in [3.63, 3.8) is 0 Å².